The molecule has 0 aliphatic carbocycles. The van der Waals surface area contributed by atoms with E-state index in [0.29, 0.717) is 13.0 Å². The Hall–Kier alpha value is -2.94. The van der Waals surface area contributed by atoms with Gasteiger partial charge in [0.15, 0.2) is 4.90 Å². The Kier molecular flexibility index (Phi) is 4.64. The number of nitro groups is 1. The monoisotopic (exact) mass is 375 g/mol. The van der Waals surface area contributed by atoms with Crippen molar-refractivity contribution in [1.29, 1.82) is 0 Å². The summed E-state index contributed by atoms with van der Waals surface area (Å²) in [5.41, 5.74) is 1.26. The van der Waals surface area contributed by atoms with E-state index < -0.39 is 25.5 Å². The van der Waals surface area contributed by atoms with E-state index in [2.05, 4.69) is 4.72 Å². The molecule has 2 aromatic carbocycles. The van der Waals surface area contributed by atoms with Crippen LogP contribution in [0.1, 0.15) is 18.4 Å². The highest BCUT2D eigenvalue weighted by atomic mass is 32.2. The molecule has 26 heavy (non-hydrogen) atoms. The Labute approximate surface area is 150 Å². The normalized spacial score (nSPS) is 14.5. The van der Waals surface area contributed by atoms with E-state index in [1.54, 1.807) is 30.0 Å². The average molecular weight is 375 g/mol. The van der Waals surface area contributed by atoms with Crippen molar-refractivity contribution in [2.45, 2.75) is 24.7 Å². The molecule has 2 aromatic rings. The van der Waals surface area contributed by atoms with Crippen molar-refractivity contribution in [3.05, 3.63) is 58.1 Å². The first kappa shape index (κ1) is 17.9. The topological polar surface area (TPSA) is 110 Å². The first-order valence-corrected chi connectivity index (χ1v) is 9.45. The van der Waals surface area contributed by atoms with Crippen molar-refractivity contribution >= 4 is 33.0 Å². The number of para-hydroxylation sites is 1. The number of rotatable bonds is 5. The maximum absolute atomic E-state index is 12.6. The maximum Gasteiger partial charge on any atom is 0.289 e. The largest absolute Gasteiger partial charge is 0.312 e. The Bertz CT molecular complexity index is 988. The molecule has 0 unspecified atom stereocenters. The zero-order chi connectivity index (χ0) is 18.9. The molecule has 1 aliphatic heterocycles. The molecule has 0 radical (unpaired) electrons. The fraction of sp³-hybridized carbons (Fsp3) is 0.235. The van der Waals surface area contributed by atoms with E-state index in [1.165, 1.54) is 18.2 Å². The molecule has 0 bridgehead atoms. The van der Waals surface area contributed by atoms with Crippen LogP contribution < -0.4 is 9.62 Å². The zero-order valence-electron chi connectivity index (χ0n) is 14.0. The first-order chi connectivity index (χ1) is 12.3. The summed E-state index contributed by atoms with van der Waals surface area (Å²) in [5.74, 6) is 0.0429. The quantitative estimate of drug-likeness (QED) is 0.638. The summed E-state index contributed by atoms with van der Waals surface area (Å²) in [5, 5.41) is 11.1. The number of hydrogen-bond acceptors (Lipinski definition) is 5. The van der Waals surface area contributed by atoms with E-state index in [0.717, 1.165) is 23.7 Å². The van der Waals surface area contributed by atoms with Gasteiger partial charge in [0.2, 0.25) is 5.91 Å². The number of anilines is 2. The molecule has 1 aliphatic rings. The van der Waals surface area contributed by atoms with Crippen LogP contribution in [0.5, 0.6) is 0 Å². The molecule has 9 heteroatoms. The summed E-state index contributed by atoms with van der Waals surface area (Å²) >= 11 is 0. The highest BCUT2D eigenvalue weighted by Gasteiger charge is 2.26. The number of sulfonamides is 1. The molecule has 1 N–H and O–H groups in total. The van der Waals surface area contributed by atoms with Crippen LogP contribution in [0.2, 0.25) is 0 Å². The van der Waals surface area contributed by atoms with Gasteiger partial charge in [-0.25, -0.2) is 8.42 Å². The van der Waals surface area contributed by atoms with Crippen molar-refractivity contribution in [3.63, 3.8) is 0 Å². The first-order valence-electron chi connectivity index (χ1n) is 7.97. The number of nitrogens with one attached hydrogen (secondary N) is 1. The predicted octanol–water partition coefficient (Wildman–Crippen LogP) is 2.83. The number of carbonyl (C=O) groups excluding carboxylic acids is 1. The number of amides is 1. The molecule has 1 heterocycles. The number of aryl methyl sites for hydroxylation is 1. The predicted molar refractivity (Wildman–Crippen MR) is 96.7 cm³/mol. The van der Waals surface area contributed by atoms with Crippen LogP contribution in [0.3, 0.4) is 0 Å². The maximum atomic E-state index is 12.6. The number of carbonyl (C=O) groups is 1. The Morgan fingerprint density at radius 1 is 1.19 bits per heavy atom. The van der Waals surface area contributed by atoms with Crippen molar-refractivity contribution in [2.75, 3.05) is 16.2 Å². The molecule has 0 atom stereocenters. The van der Waals surface area contributed by atoms with Crippen molar-refractivity contribution in [3.8, 4) is 0 Å². The Morgan fingerprint density at radius 3 is 2.54 bits per heavy atom. The van der Waals surface area contributed by atoms with E-state index in [1.807, 2.05) is 0 Å². The van der Waals surface area contributed by atoms with Gasteiger partial charge in [0.1, 0.15) is 0 Å². The molecule has 3 rings (SSSR count). The van der Waals surface area contributed by atoms with Gasteiger partial charge < -0.3 is 4.90 Å². The molecule has 8 nitrogen and oxygen atoms in total. The molecule has 1 amide bonds. The Balaban J connectivity index is 1.90. The second-order valence-corrected chi connectivity index (χ2v) is 7.63. The van der Waals surface area contributed by atoms with Gasteiger partial charge in [-0.1, -0.05) is 12.1 Å². The summed E-state index contributed by atoms with van der Waals surface area (Å²) in [6.45, 7) is 2.42. The molecule has 0 aromatic heterocycles. The van der Waals surface area contributed by atoms with Gasteiger partial charge in [-0.2, -0.15) is 0 Å². The minimum atomic E-state index is -4.12. The molecular formula is C17H17N3O5S. The van der Waals surface area contributed by atoms with Crippen molar-refractivity contribution in [1.82, 2.24) is 0 Å². The molecule has 0 saturated carbocycles. The van der Waals surface area contributed by atoms with E-state index in [9.17, 15) is 23.3 Å². The number of nitrogens with zero attached hydrogens (tertiary/aromatic N) is 2. The number of benzene rings is 2. The fourth-order valence-electron chi connectivity index (χ4n) is 2.97. The number of hydrogen-bond donors (Lipinski definition) is 1. The van der Waals surface area contributed by atoms with Crippen LogP contribution >= 0.6 is 0 Å². The van der Waals surface area contributed by atoms with Crippen LogP contribution in [0.4, 0.5) is 17.1 Å². The third kappa shape index (κ3) is 3.38. The molecule has 1 fully saturated rings. The standard InChI is InChI=1S/C17H17N3O5S/c1-12-11-13(8-9-14(12)19-10-4-7-17(19)21)18-26(24,25)16-6-3-2-5-15(16)20(22)23/h2-3,5-6,8-9,11,18H,4,7,10H2,1H3. The SMILES string of the molecule is Cc1cc(NS(=O)(=O)c2ccccc2[N+](=O)[O-])ccc1N1CCCC1=O. The second-order valence-electron chi connectivity index (χ2n) is 5.98. The van der Waals surface area contributed by atoms with Gasteiger partial charge in [0.05, 0.1) is 4.92 Å². The van der Waals surface area contributed by atoms with Crippen LogP contribution in [0, 0.1) is 17.0 Å². The van der Waals surface area contributed by atoms with Gasteiger partial charge in [-0.3, -0.25) is 19.6 Å². The summed E-state index contributed by atoms with van der Waals surface area (Å²) < 4.78 is 27.5. The molecule has 136 valence electrons. The van der Waals surface area contributed by atoms with Crippen LogP contribution in [-0.4, -0.2) is 25.8 Å². The fourth-order valence-corrected chi connectivity index (χ4v) is 4.19. The van der Waals surface area contributed by atoms with Gasteiger partial charge in [-0.15, -0.1) is 0 Å². The summed E-state index contributed by atoms with van der Waals surface area (Å²) in [6, 6.07) is 9.98. The van der Waals surface area contributed by atoms with Gasteiger partial charge in [0, 0.05) is 30.4 Å². The highest BCUT2D eigenvalue weighted by Crippen LogP contribution is 2.30. The van der Waals surface area contributed by atoms with E-state index >= 15 is 0 Å². The van der Waals surface area contributed by atoms with Crippen LogP contribution in [0.15, 0.2) is 47.4 Å². The Morgan fingerprint density at radius 2 is 1.92 bits per heavy atom. The lowest BCUT2D eigenvalue weighted by molar-refractivity contribution is -0.387. The van der Waals surface area contributed by atoms with E-state index in [-0.39, 0.29) is 11.6 Å². The zero-order valence-corrected chi connectivity index (χ0v) is 14.8. The molecule has 0 spiro atoms. The minimum Gasteiger partial charge on any atom is -0.312 e. The third-order valence-corrected chi connectivity index (χ3v) is 5.59. The third-order valence-electron chi connectivity index (χ3n) is 4.16. The lowest BCUT2D eigenvalue weighted by Gasteiger charge is -2.19. The van der Waals surface area contributed by atoms with Crippen molar-refractivity contribution in [2.24, 2.45) is 0 Å². The summed E-state index contributed by atoms with van der Waals surface area (Å²) in [7, 11) is -4.12. The smallest absolute Gasteiger partial charge is 0.289 e. The van der Waals surface area contributed by atoms with Gasteiger partial charge in [-0.05, 0) is 43.2 Å². The lowest BCUT2D eigenvalue weighted by atomic mass is 10.1. The number of nitro benzene ring substituents is 1. The van der Waals surface area contributed by atoms with E-state index in [4.69, 9.17) is 0 Å². The highest BCUT2D eigenvalue weighted by molar-refractivity contribution is 7.92. The lowest BCUT2D eigenvalue weighted by Crippen LogP contribution is -2.24. The minimum absolute atomic E-state index is 0.0429. The molecule has 1 saturated heterocycles. The summed E-state index contributed by atoms with van der Waals surface area (Å²) in [6.07, 6.45) is 1.30. The van der Waals surface area contributed by atoms with Gasteiger partial charge in [0.25, 0.3) is 15.7 Å². The summed E-state index contributed by atoms with van der Waals surface area (Å²) in [4.78, 5) is 23.5. The molecular weight excluding hydrogens is 358 g/mol. The second kappa shape index (κ2) is 6.75. The van der Waals surface area contributed by atoms with Gasteiger partial charge >= 0.3 is 0 Å². The van der Waals surface area contributed by atoms with Crippen LogP contribution in [-0.2, 0) is 14.8 Å². The average Bonchev–Trinajstić information content (AvgIpc) is 3.00. The van der Waals surface area contributed by atoms with Crippen LogP contribution in [0.25, 0.3) is 0 Å². The van der Waals surface area contributed by atoms with Crippen molar-refractivity contribution < 1.29 is 18.1 Å².